The maximum atomic E-state index is 12.9. The molecule has 3 heteroatoms. The van der Waals surface area contributed by atoms with Crippen molar-refractivity contribution in [1.82, 2.24) is 0 Å². The standard InChI is InChI=1S/C16H13FO2/c17-13-7-5-11(6-8-13)15-9-12-3-1-2-4-14(12)16(10-18)19-15/h1-8,10,15-16H,9H2. The summed E-state index contributed by atoms with van der Waals surface area (Å²) in [6.45, 7) is 0. The van der Waals surface area contributed by atoms with Gasteiger partial charge in [-0.2, -0.15) is 0 Å². The van der Waals surface area contributed by atoms with E-state index in [0.717, 1.165) is 23.0 Å². The number of carbonyl (C=O) groups excluding carboxylic acids is 1. The molecule has 2 aromatic carbocycles. The molecule has 1 heterocycles. The summed E-state index contributed by atoms with van der Waals surface area (Å²) in [4.78, 5) is 11.2. The van der Waals surface area contributed by atoms with Crippen molar-refractivity contribution in [1.29, 1.82) is 0 Å². The van der Waals surface area contributed by atoms with E-state index in [1.807, 2.05) is 24.3 Å². The van der Waals surface area contributed by atoms with E-state index in [9.17, 15) is 9.18 Å². The minimum atomic E-state index is -0.542. The summed E-state index contributed by atoms with van der Waals surface area (Å²) < 4.78 is 18.7. The van der Waals surface area contributed by atoms with Gasteiger partial charge in [0.05, 0.1) is 6.10 Å². The SMILES string of the molecule is O=CC1OC(c2ccc(F)cc2)Cc2ccccc21. The van der Waals surface area contributed by atoms with Gasteiger partial charge in [0.2, 0.25) is 0 Å². The van der Waals surface area contributed by atoms with Gasteiger partial charge in [-0.25, -0.2) is 4.39 Å². The van der Waals surface area contributed by atoms with Crippen LogP contribution < -0.4 is 0 Å². The van der Waals surface area contributed by atoms with Gasteiger partial charge >= 0.3 is 0 Å². The molecule has 0 bridgehead atoms. The Hall–Kier alpha value is -2.00. The normalized spacial score (nSPS) is 21.7. The molecule has 2 nitrogen and oxygen atoms in total. The van der Waals surface area contributed by atoms with Crippen molar-refractivity contribution in [3.05, 3.63) is 71.0 Å². The molecule has 0 aliphatic carbocycles. The Labute approximate surface area is 110 Å². The Bertz CT molecular complexity index is 592. The summed E-state index contributed by atoms with van der Waals surface area (Å²) in [7, 11) is 0. The summed E-state index contributed by atoms with van der Waals surface area (Å²) in [5.41, 5.74) is 2.93. The molecule has 0 aromatic heterocycles. The number of hydrogen-bond donors (Lipinski definition) is 0. The lowest BCUT2D eigenvalue weighted by Gasteiger charge is -2.29. The summed E-state index contributed by atoms with van der Waals surface area (Å²) in [5.74, 6) is -0.271. The lowest BCUT2D eigenvalue weighted by molar-refractivity contribution is -0.124. The Morgan fingerprint density at radius 2 is 1.84 bits per heavy atom. The fourth-order valence-electron chi connectivity index (χ4n) is 2.48. The van der Waals surface area contributed by atoms with E-state index in [-0.39, 0.29) is 11.9 Å². The predicted molar refractivity (Wildman–Crippen MR) is 69.2 cm³/mol. The summed E-state index contributed by atoms with van der Waals surface area (Å²) in [6, 6.07) is 14.0. The van der Waals surface area contributed by atoms with Gasteiger partial charge in [-0.3, -0.25) is 0 Å². The molecule has 0 amide bonds. The van der Waals surface area contributed by atoms with Crippen LogP contribution in [0.4, 0.5) is 4.39 Å². The number of aldehydes is 1. The summed E-state index contributed by atoms with van der Waals surface area (Å²) in [5, 5.41) is 0. The van der Waals surface area contributed by atoms with Gasteiger partial charge in [0.1, 0.15) is 11.9 Å². The number of carbonyl (C=O) groups is 1. The molecule has 2 atom stereocenters. The lowest BCUT2D eigenvalue weighted by atomic mass is 9.92. The first-order valence-corrected chi connectivity index (χ1v) is 6.22. The third-order valence-corrected chi connectivity index (χ3v) is 3.44. The third-order valence-electron chi connectivity index (χ3n) is 3.44. The molecule has 0 saturated carbocycles. The number of hydrogen-bond acceptors (Lipinski definition) is 2. The molecule has 19 heavy (non-hydrogen) atoms. The van der Waals surface area contributed by atoms with Crippen molar-refractivity contribution in [3.63, 3.8) is 0 Å². The highest BCUT2D eigenvalue weighted by molar-refractivity contribution is 5.62. The van der Waals surface area contributed by atoms with Crippen LogP contribution in [-0.4, -0.2) is 6.29 Å². The minimum absolute atomic E-state index is 0.203. The third kappa shape index (κ3) is 2.29. The highest BCUT2D eigenvalue weighted by Crippen LogP contribution is 2.36. The van der Waals surface area contributed by atoms with Gasteiger partial charge in [0.25, 0.3) is 0 Å². The zero-order valence-electron chi connectivity index (χ0n) is 10.3. The van der Waals surface area contributed by atoms with Crippen LogP contribution in [0.1, 0.15) is 28.9 Å². The number of rotatable bonds is 2. The van der Waals surface area contributed by atoms with Gasteiger partial charge in [-0.15, -0.1) is 0 Å². The Kier molecular flexibility index (Phi) is 3.13. The monoisotopic (exact) mass is 256 g/mol. The van der Waals surface area contributed by atoms with Crippen molar-refractivity contribution >= 4 is 6.29 Å². The first kappa shape index (κ1) is 12.1. The van der Waals surface area contributed by atoms with Gasteiger partial charge in [-0.1, -0.05) is 36.4 Å². The van der Waals surface area contributed by atoms with Crippen LogP contribution in [0.3, 0.4) is 0 Å². The number of fused-ring (bicyclic) bond motifs is 1. The fraction of sp³-hybridized carbons (Fsp3) is 0.188. The predicted octanol–water partition coefficient (Wildman–Crippen LogP) is 3.38. The van der Waals surface area contributed by atoms with E-state index in [2.05, 4.69) is 0 Å². The molecule has 2 aromatic rings. The maximum Gasteiger partial charge on any atom is 0.153 e. The maximum absolute atomic E-state index is 12.9. The number of halogens is 1. The zero-order chi connectivity index (χ0) is 13.2. The second-order valence-electron chi connectivity index (χ2n) is 4.64. The van der Waals surface area contributed by atoms with Crippen molar-refractivity contribution in [2.24, 2.45) is 0 Å². The molecular weight excluding hydrogens is 243 g/mol. The van der Waals surface area contributed by atoms with Gasteiger partial charge < -0.3 is 9.53 Å². The molecule has 1 aliphatic rings. The van der Waals surface area contributed by atoms with Crippen molar-refractivity contribution in [3.8, 4) is 0 Å². The molecule has 3 rings (SSSR count). The van der Waals surface area contributed by atoms with Crippen LogP contribution in [0.25, 0.3) is 0 Å². The van der Waals surface area contributed by atoms with Crippen LogP contribution in [0.15, 0.2) is 48.5 Å². The highest BCUT2D eigenvalue weighted by Gasteiger charge is 2.27. The van der Waals surface area contributed by atoms with Crippen LogP contribution in [0, 0.1) is 5.82 Å². The van der Waals surface area contributed by atoms with Gasteiger partial charge in [-0.05, 0) is 28.8 Å². The second-order valence-corrected chi connectivity index (χ2v) is 4.64. The van der Waals surface area contributed by atoms with Crippen molar-refractivity contribution in [2.45, 2.75) is 18.6 Å². The molecular formula is C16H13FO2. The summed E-state index contributed by atoms with van der Waals surface area (Å²) in [6.07, 6.45) is 0.770. The second kappa shape index (κ2) is 4.94. The molecule has 0 fully saturated rings. The Morgan fingerprint density at radius 3 is 2.58 bits per heavy atom. The van der Waals surface area contributed by atoms with E-state index in [1.54, 1.807) is 12.1 Å². The van der Waals surface area contributed by atoms with Crippen LogP contribution in [-0.2, 0) is 16.0 Å². The smallest absolute Gasteiger partial charge is 0.153 e. The molecule has 0 spiro atoms. The molecule has 96 valence electrons. The number of ether oxygens (including phenoxy) is 1. The molecule has 2 unspecified atom stereocenters. The first-order valence-electron chi connectivity index (χ1n) is 6.22. The average molecular weight is 256 g/mol. The quantitative estimate of drug-likeness (QED) is 0.770. The molecule has 0 saturated heterocycles. The highest BCUT2D eigenvalue weighted by atomic mass is 19.1. The van der Waals surface area contributed by atoms with Crippen molar-refractivity contribution < 1.29 is 13.9 Å². The topological polar surface area (TPSA) is 26.3 Å². The van der Waals surface area contributed by atoms with Crippen LogP contribution in [0.5, 0.6) is 0 Å². The molecule has 0 radical (unpaired) electrons. The molecule has 1 aliphatic heterocycles. The summed E-state index contributed by atoms with van der Waals surface area (Å²) >= 11 is 0. The van der Waals surface area contributed by atoms with Crippen LogP contribution >= 0.6 is 0 Å². The zero-order valence-corrected chi connectivity index (χ0v) is 10.3. The van der Waals surface area contributed by atoms with E-state index >= 15 is 0 Å². The number of benzene rings is 2. The first-order chi connectivity index (χ1) is 9.28. The Balaban J connectivity index is 1.95. The van der Waals surface area contributed by atoms with Gasteiger partial charge in [0, 0.05) is 6.42 Å². The largest absolute Gasteiger partial charge is 0.358 e. The van der Waals surface area contributed by atoms with Crippen molar-refractivity contribution in [2.75, 3.05) is 0 Å². The van der Waals surface area contributed by atoms with Crippen LogP contribution in [0.2, 0.25) is 0 Å². The van der Waals surface area contributed by atoms with E-state index in [4.69, 9.17) is 4.74 Å². The average Bonchev–Trinajstić information content (AvgIpc) is 2.47. The molecule has 0 N–H and O–H groups in total. The van der Waals surface area contributed by atoms with E-state index < -0.39 is 6.10 Å². The lowest BCUT2D eigenvalue weighted by Crippen LogP contribution is -2.21. The minimum Gasteiger partial charge on any atom is -0.358 e. The van der Waals surface area contributed by atoms with Gasteiger partial charge in [0.15, 0.2) is 6.29 Å². The Morgan fingerprint density at radius 1 is 1.11 bits per heavy atom. The fourth-order valence-corrected chi connectivity index (χ4v) is 2.48. The van der Waals surface area contributed by atoms with E-state index in [0.29, 0.717) is 6.42 Å². The van der Waals surface area contributed by atoms with E-state index in [1.165, 1.54) is 12.1 Å².